The van der Waals surface area contributed by atoms with E-state index in [9.17, 15) is 0 Å². The average Bonchev–Trinajstić information content (AvgIpc) is 0.918. The monoisotopic (exact) mass is 165 g/mol. The molecule has 0 atom stereocenters. The number of nitrogens with two attached hydrogens (primary N) is 1. The summed E-state index contributed by atoms with van der Waals surface area (Å²) in [7, 11) is 0. The van der Waals surface area contributed by atoms with Crippen molar-refractivity contribution in [2.45, 2.75) is 14.9 Å². The van der Waals surface area contributed by atoms with Gasteiger partial charge in [-0.15, -0.1) is 0 Å². The van der Waals surface area contributed by atoms with Crippen LogP contribution in [0.3, 0.4) is 0 Å². The number of hydrogen-bond donors (Lipinski definition) is 2. The van der Waals surface area contributed by atoms with E-state index in [1.54, 1.807) is 0 Å². The van der Waals surface area contributed by atoms with Crippen molar-refractivity contribution >= 4 is 6.34 Å². The molecule has 0 fully saturated rings. The maximum atomic E-state index is 5.86. The fraction of sp³-hybridized carbons (Fsp3) is 0.667. The minimum Gasteiger partial charge on any atom is -0.390 e. The van der Waals surface area contributed by atoms with Crippen molar-refractivity contribution in [1.82, 2.24) is 0 Å². The van der Waals surface area contributed by atoms with E-state index >= 15 is 0 Å². The normalized spacial score (nSPS) is 2.00. The van der Waals surface area contributed by atoms with Gasteiger partial charge in [-0.3, -0.25) is 5.41 Å². The third-order valence-corrected chi connectivity index (χ3v) is 0. The van der Waals surface area contributed by atoms with E-state index in [2.05, 4.69) is 5.73 Å². The minimum atomic E-state index is 0. The van der Waals surface area contributed by atoms with E-state index in [0.29, 0.717) is 0 Å². The van der Waals surface area contributed by atoms with Gasteiger partial charge in [-0.05, 0) is 0 Å². The Morgan fingerprint density at radius 1 is 1.33 bits per heavy atom. The molecule has 0 rings (SSSR count). The Hall–Kier alpha value is 0.574. The topological polar surface area (TPSA) is 49.9 Å². The van der Waals surface area contributed by atoms with Crippen LogP contribution < -0.4 is 5.73 Å². The van der Waals surface area contributed by atoms with Gasteiger partial charge in [0.2, 0.25) is 0 Å². The quantitative estimate of drug-likeness (QED) is 0.405. The molecule has 0 aromatic heterocycles. The molecule has 3 N–H and O–H groups in total. The van der Waals surface area contributed by atoms with Gasteiger partial charge in [0.15, 0.2) is 0 Å². The summed E-state index contributed by atoms with van der Waals surface area (Å²) in [6.07, 6.45) is 0.750. The number of hydrogen-bond acceptors (Lipinski definition) is 1. The van der Waals surface area contributed by atoms with E-state index in [0.717, 1.165) is 6.34 Å². The molecule has 6 heavy (non-hydrogen) atoms. The minimum absolute atomic E-state index is 0. The van der Waals surface area contributed by atoms with Crippen molar-refractivity contribution in [1.29, 1.82) is 5.41 Å². The summed E-state index contributed by atoms with van der Waals surface area (Å²) in [6.45, 7) is 0. The van der Waals surface area contributed by atoms with Crippen LogP contribution in [0.4, 0.5) is 0 Å². The molecule has 0 aliphatic rings. The second-order valence-corrected chi connectivity index (χ2v) is 0.167. The van der Waals surface area contributed by atoms with Gasteiger partial charge in [0, 0.05) is 32.7 Å². The molecule has 0 aliphatic carbocycles. The molecule has 0 heterocycles. The second-order valence-electron chi connectivity index (χ2n) is 0.167. The third-order valence-electron chi connectivity index (χ3n) is 0. The van der Waals surface area contributed by atoms with Crippen LogP contribution in [0.2, 0.25) is 0 Å². The summed E-state index contributed by atoms with van der Waals surface area (Å²) in [5.74, 6) is 0. The maximum absolute atomic E-state index is 5.86. The van der Waals surface area contributed by atoms with Crippen LogP contribution in [-0.2, 0) is 32.7 Å². The Bertz CT molecular complexity index is 16.3. The second kappa shape index (κ2) is 47.1. The van der Waals surface area contributed by atoms with Crippen molar-refractivity contribution in [2.24, 2.45) is 5.73 Å². The van der Waals surface area contributed by atoms with Gasteiger partial charge in [0.05, 0.1) is 6.34 Å². The van der Waals surface area contributed by atoms with Crippen molar-refractivity contribution in [3.63, 3.8) is 0 Å². The van der Waals surface area contributed by atoms with Crippen LogP contribution in [0.1, 0.15) is 14.9 Å². The predicted octanol–water partition coefficient (Wildman–Crippen LogP) is 0.822. The maximum Gasteiger partial charge on any atom is 0.0765 e. The summed E-state index contributed by atoms with van der Waals surface area (Å²) in [5.41, 5.74) is 4.39. The first-order valence-corrected chi connectivity index (χ1v) is 0.622. The van der Waals surface area contributed by atoms with Gasteiger partial charge in [-0.1, -0.05) is 14.9 Å². The Morgan fingerprint density at radius 3 is 1.33 bits per heavy atom. The first-order valence-electron chi connectivity index (χ1n) is 0.622. The van der Waals surface area contributed by atoms with Crippen LogP contribution in [0.15, 0.2) is 0 Å². The molecule has 0 aromatic rings. The first-order chi connectivity index (χ1) is 1.41. The molecule has 0 saturated heterocycles. The molecule has 0 amide bonds. The van der Waals surface area contributed by atoms with Gasteiger partial charge in [0.1, 0.15) is 0 Å². The Morgan fingerprint density at radius 2 is 1.33 bits per heavy atom. The first kappa shape index (κ1) is 30.8. The standard InChI is InChI=1S/CH4N2.2CH4.Y/c2-1-3;;;/h1H,(H3,2,3);2*1H4;. The fourth-order valence-corrected chi connectivity index (χ4v) is 0. The molecule has 3 heteroatoms. The molecule has 0 aromatic carbocycles. The van der Waals surface area contributed by atoms with Gasteiger partial charge < -0.3 is 5.73 Å². The SMILES string of the molecule is C.C.N=CN.[Y]. The molecule has 1 radical (unpaired) electrons. The molecule has 0 bridgehead atoms. The van der Waals surface area contributed by atoms with E-state index in [4.69, 9.17) is 5.41 Å². The van der Waals surface area contributed by atoms with Gasteiger partial charge >= 0.3 is 0 Å². The summed E-state index contributed by atoms with van der Waals surface area (Å²) < 4.78 is 0. The Labute approximate surface area is 64.9 Å². The Kier molecular flexibility index (Phi) is 242. The molecular formula is C3H12N2Y. The van der Waals surface area contributed by atoms with Crippen LogP contribution in [0.25, 0.3) is 0 Å². The van der Waals surface area contributed by atoms with Crippen LogP contribution in [0.5, 0.6) is 0 Å². The zero-order valence-corrected chi connectivity index (χ0v) is 5.07. The van der Waals surface area contributed by atoms with Gasteiger partial charge in [-0.2, -0.15) is 0 Å². The fourth-order valence-electron chi connectivity index (χ4n) is 0. The summed E-state index contributed by atoms with van der Waals surface area (Å²) in [5, 5.41) is 5.86. The molecular weight excluding hydrogens is 153 g/mol. The third kappa shape index (κ3) is 177. The molecule has 2 nitrogen and oxygen atoms in total. The molecule has 0 unspecified atom stereocenters. The van der Waals surface area contributed by atoms with Crippen molar-refractivity contribution in [3.8, 4) is 0 Å². The largest absolute Gasteiger partial charge is 0.390 e. The van der Waals surface area contributed by atoms with E-state index in [1.165, 1.54) is 0 Å². The van der Waals surface area contributed by atoms with Crippen molar-refractivity contribution in [3.05, 3.63) is 0 Å². The zero-order valence-electron chi connectivity index (χ0n) is 2.23. The average molecular weight is 165 g/mol. The van der Waals surface area contributed by atoms with Crippen LogP contribution in [-0.4, -0.2) is 6.34 Å². The van der Waals surface area contributed by atoms with E-state index < -0.39 is 0 Å². The van der Waals surface area contributed by atoms with Gasteiger partial charge in [-0.25, -0.2) is 0 Å². The zero-order chi connectivity index (χ0) is 2.71. The summed E-state index contributed by atoms with van der Waals surface area (Å²) in [6, 6.07) is 0. The number of nitrogens with one attached hydrogen (secondary N) is 1. The molecule has 37 valence electrons. The summed E-state index contributed by atoms with van der Waals surface area (Å²) in [4.78, 5) is 0. The van der Waals surface area contributed by atoms with Crippen LogP contribution in [0, 0.1) is 5.41 Å². The van der Waals surface area contributed by atoms with E-state index in [1.807, 2.05) is 0 Å². The molecule has 0 spiro atoms. The predicted molar refractivity (Wildman–Crippen MR) is 26.4 cm³/mol. The smallest absolute Gasteiger partial charge is 0.0765 e. The van der Waals surface area contributed by atoms with Crippen molar-refractivity contribution in [2.75, 3.05) is 0 Å². The Balaban J connectivity index is -0.00000000667. The van der Waals surface area contributed by atoms with Crippen molar-refractivity contribution < 1.29 is 32.7 Å². The number of rotatable bonds is 0. The molecule has 0 saturated carbocycles. The van der Waals surface area contributed by atoms with Crippen LogP contribution >= 0.6 is 0 Å². The summed E-state index contributed by atoms with van der Waals surface area (Å²) >= 11 is 0. The van der Waals surface area contributed by atoms with E-state index in [-0.39, 0.29) is 47.6 Å². The molecule has 0 aliphatic heterocycles. The van der Waals surface area contributed by atoms with Gasteiger partial charge in [0.25, 0.3) is 0 Å².